The van der Waals surface area contributed by atoms with E-state index in [-0.39, 0.29) is 12.6 Å². The highest BCUT2D eigenvalue weighted by atomic mass is 35.5. The number of nitrogen functional groups attached to an aromatic ring is 1. The van der Waals surface area contributed by atoms with Crippen molar-refractivity contribution >= 4 is 45.9 Å². The van der Waals surface area contributed by atoms with Gasteiger partial charge in [0.05, 0.1) is 17.3 Å². The summed E-state index contributed by atoms with van der Waals surface area (Å²) in [7, 11) is 0. The van der Waals surface area contributed by atoms with Gasteiger partial charge >= 0.3 is 0 Å². The molecular formula is C15H19ClN8O. The molecule has 5 N–H and O–H groups in total. The van der Waals surface area contributed by atoms with Crippen molar-refractivity contribution in [3.8, 4) is 0 Å². The Hall–Kier alpha value is -2.65. The third-order valence-electron chi connectivity index (χ3n) is 3.65. The maximum absolute atomic E-state index is 9.31. The molecule has 2 heterocycles. The number of aliphatic hydroxyl groups excluding tert-OH is 1. The molecule has 3 rings (SSSR count). The molecule has 0 amide bonds. The molecule has 0 atom stereocenters. The lowest BCUT2D eigenvalue weighted by Crippen LogP contribution is -2.35. The first kappa shape index (κ1) is 17.2. The van der Waals surface area contributed by atoms with Crippen LogP contribution in [-0.2, 0) is 0 Å². The summed E-state index contributed by atoms with van der Waals surface area (Å²) in [5.41, 5.74) is 7.96. The average molecular weight is 363 g/mol. The molecule has 132 valence electrons. The number of nitrogens with zero attached hydrogens (tertiary/aromatic N) is 5. The molecule has 0 fully saturated rings. The molecule has 3 aromatic rings. The average Bonchev–Trinajstić information content (AvgIpc) is 3.04. The summed E-state index contributed by atoms with van der Waals surface area (Å²) in [5, 5.41) is 23.7. The number of benzene rings is 1. The summed E-state index contributed by atoms with van der Waals surface area (Å²) < 4.78 is 0. The fourth-order valence-corrected chi connectivity index (χ4v) is 2.52. The quantitative estimate of drug-likeness (QED) is 0.489. The van der Waals surface area contributed by atoms with Gasteiger partial charge in [0.15, 0.2) is 11.3 Å². The number of hydrogen-bond acceptors (Lipinski definition) is 8. The van der Waals surface area contributed by atoms with Gasteiger partial charge in [0, 0.05) is 18.3 Å². The van der Waals surface area contributed by atoms with Crippen LogP contribution in [0.25, 0.3) is 11.2 Å². The first-order valence-electron chi connectivity index (χ1n) is 7.77. The van der Waals surface area contributed by atoms with E-state index in [0.717, 1.165) is 0 Å². The fraction of sp³-hybridized carbons (Fsp3) is 0.333. The Kier molecular flexibility index (Phi) is 4.86. The molecule has 0 unspecified atom stereocenters. The molecule has 0 spiro atoms. The molecule has 9 nitrogen and oxygen atoms in total. The molecule has 0 bridgehead atoms. The zero-order valence-electron chi connectivity index (χ0n) is 13.9. The first-order valence-corrected chi connectivity index (χ1v) is 8.15. The van der Waals surface area contributed by atoms with E-state index in [1.165, 1.54) is 0 Å². The van der Waals surface area contributed by atoms with Crippen LogP contribution in [-0.4, -0.2) is 49.7 Å². The molecule has 0 aliphatic rings. The van der Waals surface area contributed by atoms with Crippen LogP contribution in [0, 0.1) is 0 Å². The van der Waals surface area contributed by atoms with Crippen molar-refractivity contribution in [2.75, 3.05) is 29.1 Å². The normalized spacial score (nSPS) is 11.2. The molecule has 0 radical (unpaired) electrons. The lowest BCUT2D eigenvalue weighted by Gasteiger charge is -2.26. The summed E-state index contributed by atoms with van der Waals surface area (Å²) in [5.74, 6) is 0.939. The number of hydrogen-bond donors (Lipinski definition) is 4. The Morgan fingerprint density at radius 1 is 1.32 bits per heavy atom. The number of aliphatic hydroxyl groups is 1. The van der Waals surface area contributed by atoms with Crippen molar-refractivity contribution in [2.24, 2.45) is 0 Å². The topological polar surface area (TPSA) is 129 Å². The van der Waals surface area contributed by atoms with E-state index < -0.39 is 0 Å². The number of anilines is 4. The summed E-state index contributed by atoms with van der Waals surface area (Å²) >= 11 is 5.96. The van der Waals surface area contributed by atoms with Gasteiger partial charge in [-0.05, 0) is 32.0 Å². The monoisotopic (exact) mass is 362 g/mol. The van der Waals surface area contributed by atoms with Gasteiger partial charge in [0.25, 0.3) is 0 Å². The minimum absolute atomic E-state index is 0.00509. The minimum atomic E-state index is -0.00509. The van der Waals surface area contributed by atoms with Crippen molar-refractivity contribution in [1.29, 1.82) is 0 Å². The summed E-state index contributed by atoms with van der Waals surface area (Å²) in [6.07, 6.45) is 0. The van der Waals surface area contributed by atoms with E-state index in [4.69, 9.17) is 17.3 Å². The van der Waals surface area contributed by atoms with Gasteiger partial charge in [-0.15, -0.1) is 5.10 Å². The van der Waals surface area contributed by atoms with Crippen molar-refractivity contribution in [3.63, 3.8) is 0 Å². The predicted octanol–water partition coefficient (Wildman–Crippen LogP) is 1.93. The van der Waals surface area contributed by atoms with E-state index in [1.54, 1.807) is 18.2 Å². The van der Waals surface area contributed by atoms with Crippen LogP contribution < -0.4 is 16.0 Å². The van der Waals surface area contributed by atoms with E-state index in [2.05, 4.69) is 30.7 Å². The molecule has 0 aliphatic carbocycles. The number of aromatic amines is 1. The molecular weight excluding hydrogens is 344 g/mol. The van der Waals surface area contributed by atoms with Crippen LogP contribution >= 0.6 is 11.6 Å². The zero-order chi connectivity index (χ0) is 18.0. The molecule has 10 heteroatoms. The van der Waals surface area contributed by atoms with E-state index in [9.17, 15) is 5.11 Å². The van der Waals surface area contributed by atoms with Gasteiger partial charge in [-0.1, -0.05) is 11.6 Å². The summed E-state index contributed by atoms with van der Waals surface area (Å²) in [6, 6.07) is 5.31. The van der Waals surface area contributed by atoms with E-state index in [1.807, 2.05) is 18.7 Å². The molecule has 0 aliphatic heterocycles. The van der Waals surface area contributed by atoms with Gasteiger partial charge in [-0.25, -0.2) is 0 Å². The Labute approximate surface area is 149 Å². The third-order valence-corrected chi connectivity index (χ3v) is 4.00. The highest BCUT2D eigenvalue weighted by Crippen LogP contribution is 2.27. The lowest BCUT2D eigenvalue weighted by molar-refractivity contribution is 0.298. The molecule has 2 aromatic heterocycles. The van der Waals surface area contributed by atoms with E-state index in [0.29, 0.717) is 45.9 Å². The summed E-state index contributed by atoms with van der Waals surface area (Å²) in [4.78, 5) is 10.9. The molecule has 1 aromatic carbocycles. The second-order valence-electron chi connectivity index (χ2n) is 5.74. The standard InChI is InChI=1S/C15H19ClN8O/c1-8(2)24(5-6-25)15-19-13(12-14(20-15)22-23-21-12)18-9-3-4-10(16)11(17)7-9/h3-4,7-8,25H,5-6,17H2,1-2H3,(H2,18,19,20,21,22,23). The number of rotatable bonds is 6. The Bertz CT molecular complexity index is 881. The van der Waals surface area contributed by atoms with Gasteiger partial charge < -0.3 is 21.1 Å². The predicted molar refractivity (Wildman–Crippen MR) is 98.2 cm³/mol. The van der Waals surface area contributed by atoms with E-state index >= 15 is 0 Å². The second kappa shape index (κ2) is 7.08. The van der Waals surface area contributed by atoms with Crippen molar-refractivity contribution in [3.05, 3.63) is 23.2 Å². The van der Waals surface area contributed by atoms with Crippen molar-refractivity contribution in [2.45, 2.75) is 19.9 Å². The number of fused-ring (bicyclic) bond motifs is 1. The number of nitrogens with two attached hydrogens (primary N) is 1. The molecule has 25 heavy (non-hydrogen) atoms. The SMILES string of the molecule is CC(C)N(CCO)c1nc(Nc2ccc(Cl)c(N)c2)c2n[nH]nc2n1. The Balaban J connectivity index is 2.03. The molecule has 0 saturated heterocycles. The Morgan fingerprint density at radius 3 is 2.80 bits per heavy atom. The van der Waals surface area contributed by atoms with Crippen LogP contribution in [0.1, 0.15) is 13.8 Å². The van der Waals surface area contributed by atoms with Gasteiger partial charge in [0.1, 0.15) is 0 Å². The Morgan fingerprint density at radius 2 is 2.12 bits per heavy atom. The van der Waals surface area contributed by atoms with Crippen LogP contribution in [0.15, 0.2) is 18.2 Å². The molecule has 0 saturated carbocycles. The smallest absolute Gasteiger partial charge is 0.229 e. The maximum atomic E-state index is 9.31. The number of H-pyrrole nitrogens is 1. The van der Waals surface area contributed by atoms with Crippen LogP contribution in [0.3, 0.4) is 0 Å². The lowest BCUT2D eigenvalue weighted by atomic mass is 10.3. The first-order chi connectivity index (χ1) is 12.0. The van der Waals surface area contributed by atoms with Crippen LogP contribution in [0.5, 0.6) is 0 Å². The number of nitrogens with one attached hydrogen (secondary N) is 2. The third kappa shape index (κ3) is 3.57. The van der Waals surface area contributed by atoms with Crippen LogP contribution in [0.4, 0.5) is 23.1 Å². The maximum Gasteiger partial charge on any atom is 0.229 e. The fourth-order valence-electron chi connectivity index (χ4n) is 2.41. The van der Waals surface area contributed by atoms with Crippen molar-refractivity contribution in [1.82, 2.24) is 25.4 Å². The number of halogens is 1. The van der Waals surface area contributed by atoms with Crippen LogP contribution in [0.2, 0.25) is 5.02 Å². The largest absolute Gasteiger partial charge is 0.397 e. The minimum Gasteiger partial charge on any atom is -0.397 e. The highest BCUT2D eigenvalue weighted by molar-refractivity contribution is 6.33. The second-order valence-corrected chi connectivity index (χ2v) is 6.15. The summed E-state index contributed by atoms with van der Waals surface area (Å²) in [6.45, 7) is 4.40. The van der Waals surface area contributed by atoms with Gasteiger partial charge in [-0.3, -0.25) is 0 Å². The van der Waals surface area contributed by atoms with Crippen molar-refractivity contribution < 1.29 is 5.11 Å². The van der Waals surface area contributed by atoms with Gasteiger partial charge in [0.2, 0.25) is 11.6 Å². The number of aromatic nitrogens is 5. The van der Waals surface area contributed by atoms with Gasteiger partial charge in [-0.2, -0.15) is 20.3 Å². The highest BCUT2D eigenvalue weighted by Gasteiger charge is 2.18. The zero-order valence-corrected chi connectivity index (χ0v) is 14.6.